The molecule has 0 saturated heterocycles. The average molecular weight is 790 g/mol. The molecule has 3 heteroatoms. The normalized spacial score (nSPS) is 15.6. The van der Waals surface area contributed by atoms with Crippen LogP contribution in [-0.4, -0.2) is 34.5 Å². The van der Waals surface area contributed by atoms with E-state index in [1.54, 1.807) is 18.3 Å². The van der Waals surface area contributed by atoms with Crippen molar-refractivity contribution < 1.29 is 0 Å². The van der Waals surface area contributed by atoms with E-state index in [-0.39, 0.29) is 0 Å². The van der Waals surface area contributed by atoms with Gasteiger partial charge in [-0.05, 0) is 0 Å². The summed E-state index contributed by atoms with van der Waals surface area (Å²) in [4.78, 5) is 0. The van der Waals surface area contributed by atoms with Crippen LogP contribution in [0, 0.1) is 0 Å². The number of rotatable bonds is 12. The summed E-state index contributed by atoms with van der Waals surface area (Å²) in [5.74, 6) is 0. The summed E-state index contributed by atoms with van der Waals surface area (Å²) in [5.41, 5.74) is 9.67. The van der Waals surface area contributed by atoms with Crippen LogP contribution in [0.1, 0.15) is 94.2 Å². The predicted molar refractivity (Wildman–Crippen MR) is 227 cm³/mol. The number of benzene rings is 4. The van der Waals surface area contributed by atoms with Crippen molar-refractivity contribution in [3.8, 4) is 0 Å². The second-order valence-electron chi connectivity index (χ2n) is 16.5. The van der Waals surface area contributed by atoms with Crippen molar-refractivity contribution in [2.75, 3.05) is 0 Å². The fourth-order valence-corrected chi connectivity index (χ4v) is 70.6. The summed E-state index contributed by atoms with van der Waals surface area (Å²) in [6.45, 7) is 31.2. The van der Waals surface area contributed by atoms with Crippen LogP contribution >= 0.6 is 0 Å². The molecule has 0 bridgehead atoms. The van der Waals surface area contributed by atoms with E-state index in [1.165, 1.54) is 11.1 Å². The molecule has 0 fully saturated rings. The van der Waals surface area contributed by atoms with Gasteiger partial charge in [0.2, 0.25) is 0 Å². The van der Waals surface area contributed by atoms with Crippen molar-refractivity contribution in [2.45, 2.75) is 116 Å². The second-order valence-corrected chi connectivity index (χ2v) is 41.5. The molecule has 0 radical (unpaired) electrons. The van der Waals surface area contributed by atoms with Crippen LogP contribution in [0.25, 0.3) is 11.1 Å². The zero-order valence-corrected chi connectivity index (χ0v) is 37.4. The molecule has 0 aliphatic carbocycles. The fraction of sp³-hybridized carbons (Fsp3) is 0.391. The molecule has 5 rings (SSSR count). The molecule has 258 valence electrons. The van der Waals surface area contributed by atoms with E-state index in [0.717, 1.165) is 0 Å². The van der Waals surface area contributed by atoms with Gasteiger partial charge in [0.05, 0.1) is 0 Å². The maximum absolute atomic E-state index is 4.18. The van der Waals surface area contributed by atoms with Crippen LogP contribution in [0.5, 0.6) is 0 Å². The van der Waals surface area contributed by atoms with E-state index in [4.69, 9.17) is 0 Å². The van der Waals surface area contributed by atoms with Gasteiger partial charge in [-0.1, -0.05) is 0 Å². The Morgan fingerprint density at radius 1 is 0.327 bits per heavy atom. The van der Waals surface area contributed by atoms with E-state index < -0.39 is 34.5 Å². The van der Waals surface area contributed by atoms with Gasteiger partial charge in [0.1, 0.15) is 0 Å². The molecule has 0 amide bonds. The summed E-state index contributed by atoms with van der Waals surface area (Å²) in [7, 11) is -4.57. The Labute approximate surface area is 306 Å². The van der Waals surface area contributed by atoms with Gasteiger partial charge in [-0.2, -0.15) is 0 Å². The Kier molecular flexibility index (Phi) is 11.6. The zero-order valence-electron chi connectivity index (χ0n) is 32.5. The van der Waals surface area contributed by atoms with Crippen LogP contribution in [-0.2, 0) is 0 Å². The van der Waals surface area contributed by atoms with Crippen LogP contribution < -0.4 is 7.16 Å². The van der Waals surface area contributed by atoms with Crippen LogP contribution in [0.2, 0.25) is 33.2 Å². The maximum atomic E-state index is 2.60. The van der Waals surface area contributed by atoms with E-state index in [1.807, 2.05) is 6.42 Å². The van der Waals surface area contributed by atoms with Gasteiger partial charge in [-0.25, -0.2) is 0 Å². The van der Waals surface area contributed by atoms with Crippen molar-refractivity contribution in [1.82, 2.24) is 0 Å². The molecule has 4 aromatic carbocycles. The summed E-state index contributed by atoms with van der Waals surface area (Å²) >= 11 is -4.18. The van der Waals surface area contributed by atoms with Crippen molar-refractivity contribution in [3.05, 3.63) is 139 Å². The molecule has 0 nitrogen and oxygen atoms in total. The molecule has 0 aromatic heterocycles. The number of allylic oxidation sites excluding steroid dienone is 2. The minimum atomic E-state index is -4.18. The van der Waals surface area contributed by atoms with Crippen molar-refractivity contribution >= 4 is 52.8 Å². The minimum absolute atomic E-state index is 0.592. The third-order valence-corrected chi connectivity index (χ3v) is 51.3. The summed E-state index contributed by atoms with van der Waals surface area (Å²) < 4.78 is 7.26. The van der Waals surface area contributed by atoms with Gasteiger partial charge in [0, 0.05) is 0 Å². The molecule has 0 saturated carbocycles. The molecule has 1 aliphatic rings. The van der Waals surface area contributed by atoms with Crippen LogP contribution in [0.15, 0.2) is 128 Å². The molecular formula is C46H62Si2Sn. The van der Waals surface area contributed by atoms with Crippen molar-refractivity contribution in [3.63, 3.8) is 0 Å². The first-order chi connectivity index (χ1) is 23.3. The Hall–Kier alpha value is -2.41. The Morgan fingerprint density at radius 3 is 0.776 bits per heavy atom. The SMILES string of the molecule is CC(C)[Si]([C]1=C(c2ccccc2)C(c2ccccc2)=[C]([Si](C(C)C)(C(C)C)C(C)C)[Sn]1([c]1ccccc1)[c]1ccccc1)(C(C)C)C(C)C. The summed E-state index contributed by atoms with van der Waals surface area (Å²) in [6, 6.07) is 47.7. The Morgan fingerprint density at radius 2 is 0.551 bits per heavy atom. The Bertz CT molecular complexity index is 1570. The number of hydrogen-bond donors (Lipinski definition) is 0. The molecule has 1 heterocycles. The third-order valence-electron chi connectivity index (χ3n) is 12.6. The molecule has 49 heavy (non-hydrogen) atoms. The van der Waals surface area contributed by atoms with Crippen LogP contribution in [0.4, 0.5) is 0 Å². The predicted octanol–water partition coefficient (Wildman–Crippen LogP) is 12.7. The first kappa shape index (κ1) is 37.8. The van der Waals surface area contributed by atoms with E-state index in [9.17, 15) is 0 Å². The van der Waals surface area contributed by atoms with Gasteiger partial charge < -0.3 is 0 Å². The molecule has 1 aliphatic heterocycles. The topological polar surface area (TPSA) is 0 Å². The molecule has 0 unspecified atom stereocenters. The first-order valence-corrected chi connectivity index (χ1v) is 29.2. The van der Waals surface area contributed by atoms with E-state index in [2.05, 4.69) is 204 Å². The standard InChI is InChI=1S/C34H52Si2.2C6H5.Sn/c1-25(2)35(26(3)4,27(5)6)23-33(31-19-15-13-16-20-31)34(32-21-17-14-18-22-32)24-36(28(7)8,29(9)10)30(11)12;2*1-2-4-6-5-3-1;/h13-22,25-30H,1-12H3;2*1-5H;. The number of hydrogen-bond acceptors (Lipinski definition) is 0. The quantitative estimate of drug-likeness (QED) is 0.125. The van der Waals surface area contributed by atoms with Crippen LogP contribution in [0.3, 0.4) is 0 Å². The van der Waals surface area contributed by atoms with Gasteiger partial charge in [-0.3, -0.25) is 0 Å². The van der Waals surface area contributed by atoms with Gasteiger partial charge in [0.15, 0.2) is 0 Å². The van der Waals surface area contributed by atoms with E-state index >= 15 is 0 Å². The monoisotopic (exact) mass is 790 g/mol. The third kappa shape index (κ3) is 5.86. The Balaban J connectivity index is 2.30. The fourth-order valence-electron chi connectivity index (χ4n) is 11.5. The summed E-state index contributed by atoms with van der Waals surface area (Å²) in [6.07, 6.45) is 0. The summed E-state index contributed by atoms with van der Waals surface area (Å²) in [5, 5.41) is 0. The molecule has 0 spiro atoms. The van der Waals surface area contributed by atoms with Crippen molar-refractivity contribution in [2.24, 2.45) is 0 Å². The molecular weight excluding hydrogens is 727 g/mol. The van der Waals surface area contributed by atoms with Gasteiger partial charge in [-0.15, -0.1) is 0 Å². The first-order valence-electron chi connectivity index (χ1n) is 19.1. The van der Waals surface area contributed by atoms with Gasteiger partial charge >= 0.3 is 308 Å². The molecule has 0 N–H and O–H groups in total. The average Bonchev–Trinajstić information content (AvgIpc) is 3.38. The van der Waals surface area contributed by atoms with Crippen molar-refractivity contribution in [1.29, 1.82) is 0 Å². The van der Waals surface area contributed by atoms with Gasteiger partial charge in [0.25, 0.3) is 0 Å². The zero-order chi connectivity index (χ0) is 35.7. The molecule has 4 aromatic rings. The van der Waals surface area contributed by atoms with E-state index in [0.29, 0.717) is 33.2 Å². The molecule has 0 atom stereocenters. The second kappa shape index (κ2) is 15.1.